The SMILES string of the molecule is Cc1c2ccccc2c(-c2ccc3[se]c4cccc(-c5c6ccccc6c(-c6ccccc6)c6ccccc56)c4c3c2)c2ccccc12. The average Bonchev–Trinajstić information content (AvgIpc) is 3.53. The Balaban J connectivity index is 1.32. The van der Waals surface area contributed by atoms with E-state index in [9.17, 15) is 0 Å². The maximum atomic E-state index is 2.50. The molecule has 0 amide bonds. The van der Waals surface area contributed by atoms with Gasteiger partial charge in [-0.1, -0.05) is 0 Å². The Morgan fingerprint density at radius 3 is 1.40 bits per heavy atom. The van der Waals surface area contributed by atoms with E-state index in [0.29, 0.717) is 0 Å². The van der Waals surface area contributed by atoms with Gasteiger partial charge in [-0.15, -0.1) is 0 Å². The minimum absolute atomic E-state index is 0.242. The molecule has 224 valence electrons. The Bertz CT molecular complexity index is 2780. The Labute approximate surface area is 285 Å². The first-order valence-corrected chi connectivity index (χ1v) is 18.3. The first kappa shape index (κ1) is 27.6. The zero-order chi connectivity index (χ0) is 31.8. The van der Waals surface area contributed by atoms with Crippen molar-refractivity contribution in [1.29, 1.82) is 0 Å². The molecule has 0 aliphatic rings. The molecular weight excluding hydrogens is 643 g/mol. The molecule has 0 fully saturated rings. The van der Waals surface area contributed by atoms with Gasteiger partial charge in [0.25, 0.3) is 0 Å². The van der Waals surface area contributed by atoms with Crippen LogP contribution in [0, 0.1) is 6.92 Å². The predicted octanol–water partition coefficient (Wildman–Crippen LogP) is 13.0. The molecule has 0 atom stereocenters. The van der Waals surface area contributed by atoms with Gasteiger partial charge in [0.05, 0.1) is 0 Å². The van der Waals surface area contributed by atoms with Gasteiger partial charge in [-0.25, -0.2) is 0 Å². The van der Waals surface area contributed by atoms with Crippen molar-refractivity contribution in [3.8, 4) is 33.4 Å². The van der Waals surface area contributed by atoms with Crippen molar-refractivity contribution >= 4 is 76.9 Å². The molecular formula is C47H30Se. The molecule has 0 saturated carbocycles. The van der Waals surface area contributed by atoms with Crippen molar-refractivity contribution in [3.63, 3.8) is 0 Å². The number of hydrogen-bond donors (Lipinski definition) is 0. The third-order valence-corrected chi connectivity index (χ3v) is 12.6. The van der Waals surface area contributed by atoms with Gasteiger partial charge in [0.1, 0.15) is 0 Å². The minimum atomic E-state index is 0.242. The van der Waals surface area contributed by atoms with E-state index in [2.05, 4.69) is 171 Å². The molecule has 1 heterocycles. The van der Waals surface area contributed by atoms with Gasteiger partial charge in [-0.3, -0.25) is 0 Å². The number of fused-ring (bicyclic) bond motifs is 7. The maximum absolute atomic E-state index is 2.50. The summed E-state index contributed by atoms with van der Waals surface area (Å²) in [5.41, 5.74) is 9.19. The van der Waals surface area contributed by atoms with Crippen LogP contribution in [0.25, 0.3) is 95.8 Å². The number of aryl methyl sites for hydroxylation is 1. The summed E-state index contributed by atoms with van der Waals surface area (Å²) in [6, 6.07) is 61.0. The van der Waals surface area contributed by atoms with E-state index in [1.165, 1.54) is 101 Å². The summed E-state index contributed by atoms with van der Waals surface area (Å²) in [6.07, 6.45) is 0. The quantitative estimate of drug-likeness (QED) is 0.129. The van der Waals surface area contributed by atoms with Crippen molar-refractivity contribution < 1.29 is 0 Å². The van der Waals surface area contributed by atoms with Crippen LogP contribution < -0.4 is 0 Å². The van der Waals surface area contributed by atoms with Gasteiger partial charge in [0.2, 0.25) is 0 Å². The molecule has 0 unspecified atom stereocenters. The van der Waals surface area contributed by atoms with E-state index in [1.54, 1.807) is 0 Å². The Morgan fingerprint density at radius 2 is 0.812 bits per heavy atom. The summed E-state index contributed by atoms with van der Waals surface area (Å²) in [6.45, 7) is 2.26. The van der Waals surface area contributed by atoms with Gasteiger partial charge in [0.15, 0.2) is 0 Å². The first-order valence-electron chi connectivity index (χ1n) is 16.6. The summed E-state index contributed by atoms with van der Waals surface area (Å²) in [5, 5.41) is 13.3. The van der Waals surface area contributed by atoms with Crippen LogP contribution in [0.3, 0.4) is 0 Å². The monoisotopic (exact) mass is 674 g/mol. The number of benzene rings is 9. The molecule has 0 spiro atoms. The Hall–Kier alpha value is -5.46. The summed E-state index contributed by atoms with van der Waals surface area (Å²) in [7, 11) is 0. The van der Waals surface area contributed by atoms with Gasteiger partial charge >= 0.3 is 287 Å². The van der Waals surface area contributed by atoms with E-state index < -0.39 is 0 Å². The van der Waals surface area contributed by atoms with Gasteiger partial charge < -0.3 is 0 Å². The molecule has 0 radical (unpaired) electrons. The standard InChI is InChI=1S/C47H30Se/c1-29-32-16-5-7-18-34(32)45(35-19-8-6-17-33(29)35)31-26-27-42-41(28-31)47-40(24-13-25-43(47)48-42)46-38-22-11-9-20-36(38)44(30-14-3-2-4-15-30)37-21-10-12-23-39(37)46/h2-28H,1H3. The van der Waals surface area contributed by atoms with E-state index in [-0.39, 0.29) is 14.5 Å². The van der Waals surface area contributed by atoms with Crippen LogP contribution in [0.4, 0.5) is 0 Å². The Kier molecular flexibility index (Phi) is 6.21. The van der Waals surface area contributed by atoms with Crippen molar-refractivity contribution in [1.82, 2.24) is 0 Å². The second-order valence-corrected chi connectivity index (χ2v) is 15.1. The van der Waals surface area contributed by atoms with Gasteiger partial charge in [0, 0.05) is 0 Å². The Morgan fingerprint density at radius 1 is 0.333 bits per heavy atom. The molecule has 0 bridgehead atoms. The number of hydrogen-bond acceptors (Lipinski definition) is 0. The molecule has 10 aromatic rings. The van der Waals surface area contributed by atoms with Crippen LogP contribution in [-0.2, 0) is 0 Å². The molecule has 10 rings (SSSR count). The molecule has 1 heteroatoms. The van der Waals surface area contributed by atoms with Gasteiger partial charge in [-0.05, 0) is 0 Å². The average molecular weight is 674 g/mol. The normalized spacial score (nSPS) is 11.9. The zero-order valence-corrected chi connectivity index (χ0v) is 28.2. The van der Waals surface area contributed by atoms with Crippen LogP contribution in [0.2, 0.25) is 0 Å². The van der Waals surface area contributed by atoms with Crippen LogP contribution in [-0.4, -0.2) is 14.5 Å². The molecule has 48 heavy (non-hydrogen) atoms. The van der Waals surface area contributed by atoms with Crippen molar-refractivity contribution in [2.75, 3.05) is 0 Å². The molecule has 0 N–H and O–H groups in total. The van der Waals surface area contributed by atoms with E-state index >= 15 is 0 Å². The third kappa shape index (κ3) is 4.02. The number of rotatable bonds is 3. The van der Waals surface area contributed by atoms with Crippen LogP contribution in [0.5, 0.6) is 0 Å². The zero-order valence-electron chi connectivity index (χ0n) is 26.5. The summed E-state index contributed by atoms with van der Waals surface area (Å²) >= 11 is 0.242. The second-order valence-electron chi connectivity index (χ2n) is 12.8. The van der Waals surface area contributed by atoms with Crippen LogP contribution >= 0.6 is 0 Å². The van der Waals surface area contributed by atoms with E-state index in [1.807, 2.05) is 0 Å². The summed E-state index contributed by atoms with van der Waals surface area (Å²) < 4.78 is 2.93. The molecule has 1 aromatic heterocycles. The fraction of sp³-hybridized carbons (Fsp3) is 0.0213. The molecule has 9 aromatic carbocycles. The topological polar surface area (TPSA) is 0 Å². The van der Waals surface area contributed by atoms with Gasteiger partial charge in [-0.2, -0.15) is 0 Å². The van der Waals surface area contributed by atoms with Crippen molar-refractivity contribution in [3.05, 3.63) is 169 Å². The van der Waals surface area contributed by atoms with Crippen LogP contribution in [0.15, 0.2) is 164 Å². The van der Waals surface area contributed by atoms with Crippen molar-refractivity contribution in [2.24, 2.45) is 0 Å². The predicted molar refractivity (Wildman–Crippen MR) is 209 cm³/mol. The summed E-state index contributed by atoms with van der Waals surface area (Å²) in [4.78, 5) is 0. The van der Waals surface area contributed by atoms with Crippen molar-refractivity contribution in [2.45, 2.75) is 6.92 Å². The molecule has 0 nitrogen and oxygen atoms in total. The molecule has 0 aliphatic carbocycles. The summed E-state index contributed by atoms with van der Waals surface area (Å²) in [5.74, 6) is 0. The third-order valence-electron chi connectivity index (χ3n) is 10.2. The molecule has 0 saturated heterocycles. The van der Waals surface area contributed by atoms with E-state index in [4.69, 9.17) is 0 Å². The fourth-order valence-corrected chi connectivity index (χ4v) is 10.5. The molecule has 0 aliphatic heterocycles. The first-order chi connectivity index (χ1) is 23.8. The fourth-order valence-electron chi connectivity index (χ4n) is 8.18. The van der Waals surface area contributed by atoms with Crippen LogP contribution in [0.1, 0.15) is 5.56 Å². The second kappa shape index (κ2) is 10.8. The van der Waals surface area contributed by atoms with E-state index in [0.717, 1.165) is 0 Å².